The molecule has 1 aliphatic rings. The highest BCUT2D eigenvalue weighted by molar-refractivity contribution is 9.10. The topological polar surface area (TPSA) is 78.0 Å². The molecule has 0 saturated carbocycles. The van der Waals surface area contributed by atoms with Gasteiger partial charge in [-0.2, -0.15) is 0 Å². The Balaban J connectivity index is 1.78. The Kier molecular flexibility index (Phi) is 5.34. The van der Waals surface area contributed by atoms with E-state index in [1.165, 1.54) is 0 Å². The molecule has 7 nitrogen and oxygen atoms in total. The van der Waals surface area contributed by atoms with Crippen LogP contribution in [-0.4, -0.2) is 42.9 Å². The molecule has 3 aromatic heterocycles. The molecule has 1 aromatic carbocycles. The van der Waals surface area contributed by atoms with E-state index in [0.29, 0.717) is 10.5 Å². The second kappa shape index (κ2) is 7.93. The quantitative estimate of drug-likeness (QED) is 0.430. The first-order valence-corrected chi connectivity index (χ1v) is 11.8. The molecule has 4 aromatic rings. The number of rotatable bonds is 4. The van der Waals surface area contributed by atoms with Crippen molar-refractivity contribution in [2.45, 2.75) is 45.3 Å². The molecule has 5 rings (SSSR count). The minimum Gasteiger partial charge on any atom is -0.386 e. The predicted molar refractivity (Wildman–Crippen MR) is 128 cm³/mol. The number of hydrogen-bond donors (Lipinski definition) is 1. The van der Waals surface area contributed by atoms with E-state index in [1.54, 1.807) is 4.68 Å². The predicted octanol–water partition coefficient (Wildman–Crippen LogP) is 4.96. The van der Waals surface area contributed by atoms with Gasteiger partial charge in [0.25, 0.3) is 0 Å². The van der Waals surface area contributed by atoms with E-state index in [1.807, 2.05) is 33.2 Å². The summed E-state index contributed by atoms with van der Waals surface area (Å²) >= 11 is 3.52. The van der Waals surface area contributed by atoms with Crippen LogP contribution in [-0.2, 0) is 17.4 Å². The number of pyridine rings is 1. The maximum atomic E-state index is 10.7. The number of aromatic nitrogens is 5. The molecule has 32 heavy (non-hydrogen) atoms. The number of aryl methyl sites for hydroxylation is 1. The van der Waals surface area contributed by atoms with Crippen LogP contribution >= 0.6 is 15.9 Å². The lowest BCUT2D eigenvalue weighted by Crippen LogP contribution is -2.24. The van der Waals surface area contributed by atoms with Crippen molar-refractivity contribution < 1.29 is 9.84 Å². The summed E-state index contributed by atoms with van der Waals surface area (Å²) in [6.07, 6.45) is 3.97. The van der Waals surface area contributed by atoms with Crippen molar-refractivity contribution in [2.24, 2.45) is 13.0 Å². The molecule has 1 saturated heterocycles. The number of fused-ring (bicyclic) bond motifs is 3. The van der Waals surface area contributed by atoms with E-state index in [9.17, 15) is 5.11 Å². The third-order valence-corrected chi connectivity index (χ3v) is 7.29. The third kappa shape index (κ3) is 3.54. The maximum absolute atomic E-state index is 10.7. The molecule has 1 aliphatic heterocycles. The standard InChI is InChI=1S/C24H28BrN5O2/c1-14(15-7-9-32-10-8-15)30-19-12-17(24(2,3)31)5-6-18(19)21-20(30)11-16(13-26-21)22-23(25)27-28-29(22)4/h5-6,11-15,31H,7-10H2,1-4H3/t14-/m1/s1. The molecule has 0 unspecified atom stereocenters. The fraction of sp³-hybridized carbons (Fsp3) is 0.458. The summed E-state index contributed by atoms with van der Waals surface area (Å²) < 4.78 is 10.5. The molecular formula is C24H28BrN5O2. The lowest BCUT2D eigenvalue weighted by atomic mass is 9.92. The van der Waals surface area contributed by atoms with E-state index < -0.39 is 5.60 Å². The van der Waals surface area contributed by atoms with Gasteiger partial charge in [-0.05, 0) is 73.2 Å². The zero-order chi connectivity index (χ0) is 22.6. The maximum Gasteiger partial charge on any atom is 0.156 e. The van der Waals surface area contributed by atoms with Crippen LogP contribution in [0.4, 0.5) is 0 Å². The van der Waals surface area contributed by atoms with Gasteiger partial charge in [-0.25, -0.2) is 4.68 Å². The van der Waals surface area contributed by atoms with E-state index in [2.05, 4.69) is 55.9 Å². The lowest BCUT2D eigenvalue weighted by Gasteiger charge is -2.30. The zero-order valence-corrected chi connectivity index (χ0v) is 20.4. The van der Waals surface area contributed by atoms with E-state index in [-0.39, 0.29) is 6.04 Å². The summed E-state index contributed by atoms with van der Waals surface area (Å²) in [5, 5.41) is 20.0. The molecular weight excluding hydrogens is 470 g/mol. The second-order valence-electron chi connectivity index (χ2n) is 9.30. The largest absolute Gasteiger partial charge is 0.386 e. The highest BCUT2D eigenvalue weighted by Crippen LogP contribution is 2.39. The summed E-state index contributed by atoms with van der Waals surface area (Å²) in [5.41, 5.74) is 4.99. The van der Waals surface area contributed by atoms with Crippen molar-refractivity contribution in [2.75, 3.05) is 13.2 Å². The Bertz CT molecular complexity index is 1280. The van der Waals surface area contributed by atoms with Gasteiger partial charge in [0, 0.05) is 43.4 Å². The Hall–Kier alpha value is -2.29. The molecule has 1 atom stereocenters. The van der Waals surface area contributed by atoms with Gasteiger partial charge in [0.15, 0.2) is 4.60 Å². The van der Waals surface area contributed by atoms with Crippen molar-refractivity contribution in [3.05, 3.63) is 40.6 Å². The molecule has 0 radical (unpaired) electrons. The summed E-state index contributed by atoms with van der Waals surface area (Å²) in [5.74, 6) is 0.516. The summed E-state index contributed by atoms with van der Waals surface area (Å²) in [6.45, 7) is 7.55. The number of aliphatic hydroxyl groups is 1. The van der Waals surface area contributed by atoms with Crippen molar-refractivity contribution in [1.82, 2.24) is 24.5 Å². The molecule has 0 spiro atoms. The van der Waals surface area contributed by atoms with Crippen LogP contribution in [0.25, 0.3) is 33.2 Å². The normalized spacial score (nSPS) is 16.8. The molecule has 168 valence electrons. The number of halogens is 1. The fourth-order valence-corrected chi connectivity index (χ4v) is 5.46. The van der Waals surface area contributed by atoms with Crippen LogP contribution in [0.5, 0.6) is 0 Å². The van der Waals surface area contributed by atoms with Gasteiger partial charge in [-0.15, -0.1) is 5.10 Å². The van der Waals surface area contributed by atoms with Gasteiger partial charge >= 0.3 is 0 Å². The first-order valence-electron chi connectivity index (χ1n) is 11.1. The molecule has 8 heteroatoms. The fourth-order valence-electron chi connectivity index (χ4n) is 4.90. The van der Waals surface area contributed by atoms with Crippen molar-refractivity contribution in [1.29, 1.82) is 0 Å². The average molecular weight is 498 g/mol. The highest BCUT2D eigenvalue weighted by Gasteiger charge is 2.27. The number of nitrogens with zero attached hydrogens (tertiary/aromatic N) is 5. The molecule has 0 amide bonds. The Morgan fingerprint density at radius 3 is 2.59 bits per heavy atom. The van der Waals surface area contributed by atoms with Crippen LogP contribution in [0.15, 0.2) is 35.1 Å². The molecule has 0 bridgehead atoms. The monoisotopic (exact) mass is 497 g/mol. The smallest absolute Gasteiger partial charge is 0.156 e. The van der Waals surface area contributed by atoms with Crippen LogP contribution in [0.3, 0.4) is 0 Å². The number of ether oxygens (including phenoxy) is 1. The van der Waals surface area contributed by atoms with Gasteiger partial charge in [0.05, 0.1) is 22.2 Å². The van der Waals surface area contributed by atoms with Crippen molar-refractivity contribution in [3.8, 4) is 11.3 Å². The first kappa shape index (κ1) is 21.6. The minimum absolute atomic E-state index is 0.265. The summed E-state index contributed by atoms with van der Waals surface area (Å²) in [6, 6.07) is 8.66. The van der Waals surface area contributed by atoms with Crippen molar-refractivity contribution in [3.63, 3.8) is 0 Å². The van der Waals surface area contributed by atoms with Crippen LogP contribution in [0.1, 0.15) is 45.2 Å². The van der Waals surface area contributed by atoms with Crippen LogP contribution in [0.2, 0.25) is 0 Å². The lowest BCUT2D eigenvalue weighted by molar-refractivity contribution is 0.0524. The summed E-state index contributed by atoms with van der Waals surface area (Å²) in [4.78, 5) is 4.89. The Labute approximate surface area is 195 Å². The van der Waals surface area contributed by atoms with Gasteiger partial charge < -0.3 is 14.4 Å². The zero-order valence-electron chi connectivity index (χ0n) is 18.8. The van der Waals surface area contributed by atoms with Gasteiger partial charge in [-0.3, -0.25) is 4.98 Å². The summed E-state index contributed by atoms with van der Waals surface area (Å²) in [7, 11) is 1.88. The number of hydrogen-bond acceptors (Lipinski definition) is 5. The van der Waals surface area contributed by atoms with Crippen LogP contribution < -0.4 is 0 Å². The van der Waals surface area contributed by atoms with E-state index in [0.717, 1.165) is 64.8 Å². The van der Waals surface area contributed by atoms with Gasteiger partial charge in [-0.1, -0.05) is 17.3 Å². The SMILES string of the molecule is C[C@H](C1CCOCC1)n1c2cc(C(C)(C)O)ccc2c2ncc(-c3c(Br)nnn3C)cc21. The Morgan fingerprint density at radius 2 is 1.94 bits per heavy atom. The Morgan fingerprint density at radius 1 is 1.19 bits per heavy atom. The molecule has 1 N–H and O–H groups in total. The molecule has 0 aliphatic carbocycles. The second-order valence-corrected chi connectivity index (χ2v) is 10.0. The highest BCUT2D eigenvalue weighted by atomic mass is 79.9. The van der Waals surface area contributed by atoms with E-state index in [4.69, 9.17) is 9.72 Å². The van der Waals surface area contributed by atoms with Gasteiger partial charge in [0.2, 0.25) is 0 Å². The molecule has 1 fully saturated rings. The average Bonchev–Trinajstić information content (AvgIpc) is 3.28. The number of benzene rings is 1. The van der Waals surface area contributed by atoms with E-state index >= 15 is 0 Å². The third-order valence-electron chi connectivity index (χ3n) is 6.76. The first-order chi connectivity index (χ1) is 15.3. The molecule has 4 heterocycles. The van der Waals surface area contributed by atoms with Gasteiger partial charge in [0.1, 0.15) is 5.69 Å². The van der Waals surface area contributed by atoms with Crippen molar-refractivity contribution >= 4 is 37.9 Å². The minimum atomic E-state index is -0.915. The van der Waals surface area contributed by atoms with Crippen LogP contribution in [0, 0.1) is 5.92 Å².